The average molecular weight is 390 g/mol. The van der Waals surface area contributed by atoms with Crippen molar-refractivity contribution in [1.82, 2.24) is 15.5 Å². The Bertz CT molecular complexity index is 697. The van der Waals surface area contributed by atoms with Crippen molar-refractivity contribution in [1.29, 1.82) is 0 Å². The van der Waals surface area contributed by atoms with Crippen LogP contribution in [0.5, 0.6) is 0 Å². The predicted octanol–water partition coefficient (Wildman–Crippen LogP) is 2.85. The van der Waals surface area contributed by atoms with E-state index in [1.807, 2.05) is 6.92 Å². The number of rotatable bonds is 6. The number of amides is 4. The minimum absolute atomic E-state index is 0.207. The van der Waals surface area contributed by atoms with E-state index in [4.69, 9.17) is 0 Å². The number of aryl methyl sites for hydroxylation is 1. The van der Waals surface area contributed by atoms with Crippen LogP contribution in [0.1, 0.15) is 44.1 Å². The zero-order valence-corrected chi connectivity index (χ0v) is 16.6. The molecular weight excluding hydrogens is 362 g/mol. The molecule has 2 N–H and O–H groups in total. The van der Waals surface area contributed by atoms with E-state index in [9.17, 15) is 14.4 Å². The summed E-state index contributed by atoms with van der Waals surface area (Å²) >= 11 is 1.66. The highest BCUT2D eigenvalue weighted by Crippen LogP contribution is 2.32. The first-order chi connectivity index (χ1) is 13.0. The van der Waals surface area contributed by atoms with Gasteiger partial charge in [-0.2, -0.15) is 0 Å². The third kappa shape index (κ3) is 4.83. The first-order valence-corrected chi connectivity index (χ1v) is 10.6. The standard InChI is InChI=1S/C20H27N3O3S/c1-15-6-8-16(9-7-15)27-13-12-21-17(24)14-23-18(25)20(22-19(23)26)10-4-2-3-5-11-20/h6-9H,2-5,10-14H2,1H3,(H,21,24)(H,22,26). The second-order valence-electron chi connectivity index (χ2n) is 7.33. The summed E-state index contributed by atoms with van der Waals surface area (Å²) in [6.07, 6.45) is 5.38. The van der Waals surface area contributed by atoms with Crippen LogP contribution in [-0.2, 0) is 9.59 Å². The van der Waals surface area contributed by atoms with Gasteiger partial charge in [0.1, 0.15) is 12.1 Å². The van der Waals surface area contributed by atoms with E-state index in [-0.39, 0.29) is 18.4 Å². The van der Waals surface area contributed by atoms with Crippen molar-refractivity contribution in [2.75, 3.05) is 18.8 Å². The highest BCUT2D eigenvalue weighted by atomic mass is 32.2. The number of imide groups is 1. The topological polar surface area (TPSA) is 78.5 Å². The summed E-state index contributed by atoms with van der Waals surface area (Å²) in [7, 11) is 0. The first-order valence-electron chi connectivity index (χ1n) is 9.60. The van der Waals surface area contributed by atoms with Crippen molar-refractivity contribution in [3.63, 3.8) is 0 Å². The van der Waals surface area contributed by atoms with Gasteiger partial charge in [-0.3, -0.25) is 14.5 Å². The highest BCUT2D eigenvalue weighted by molar-refractivity contribution is 7.99. The molecule has 0 bridgehead atoms. The molecule has 2 aliphatic rings. The summed E-state index contributed by atoms with van der Waals surface area (Å²) in [5.41, 5.74) is 0.433. The molecule has 1 heterocycles. The largest absolute Gasteiger partial charge is 0.354 e. The molecule has 2 fully saturated rings. The van der Waals surface area contributed by atoms with E-state index in [0.717, 1.165) is 41.2 Å². The summed E-state index contributed by atoms with van der Waals surface area (Å²) in [6.45, 7) is 2.33. The Morgan fingerprint density at radius 3 is 2.48 bits per heavy atom. The van der Waals surface area contributed by atoms with Crippen LogP contribution < -0.4 is 10.6 Å². The van der Waals surface area contributed by atoms with Gasteiger partial charge in [-0.15, -0.1) is 11.8 Å². The van der Waals surface area contributed by atoms with Crippen molar-refractivity contribution in [3.05, 3.63) is 29.8 Å². The van der Waals surface area contributed by atoms with Crippen LogP contribution >= 0.6 is 11.8 Å². The van der Waals surface area contributed by atoms with Crippen LogP contribution in [0, 0.1) is 6.92 Å². The molecule has 1 aliphatic heterocycles. The van der Waals surface area contributed by atoms with E-state index in [1.54, 1.807) is 11.8 Å². The second kappa shape index (κ2) is 8.78. The number of nitrogens with zero attached hydrogens (tertiary/aromatic N) is 1. The van der Waals surface area contributed by atoms with E-state index < -0.39 is 11.6 Å². The number of thioether (sulfide) groups is 1. The Balaban J connectivity index is 1.45. The van der Waals surface area contributed by atoms with E-state index in [2.05, 4.69) is 34.9 Å². The molecule has 1 spiro atoms. The monoisotopic (exact) mass is 389 g/mol. The quantitative estimate of drug-likeness (QED) is 0.445. The molecule has 1 saturated heterocycles. The lowest BCUT2D eigenvalue weighted by molar-refractivity contribution is -0.135. The second-order valence-corrected chi connectivity index (χ2v) is 8.50. The molecule has 0 radical (unpaired) electrons. The van der Waals surface area contributed by atoms with E-state index in [0.29, 0.717) is 19.4 Å². The molecule has 4 amide bonds. The molecule has 0 atom stereocenters. The smallest absolute Gasteiger partial charge is 0.325 e. The van der Waals surface area contributed by atoms with Crippen molar-refractivity contribution in [2.24, 2.45) is 0 Å². The molecule has 0 aromatic heterocycles. The van der Waals surface area contributed by atoms with Gasteiger partial charge in [-0.25, -0.2) is 4.79 Å². The third-order valence-electron chi connectivity index (χ3n) is 5.22. The summed E-state index contributed by atoms with van der Waals surface area (Å²) in [6, 6.07) is 7.79. The summed E-state index contributed by atoms with van der Waals surface area (Å²) in [4.78, 5) is 39.5. The predicted molar refractivity (Wildman–Crippen MR) is 106 cm³/mol. The van der Waals surface area contributed by atoms with Gasteiger partial charge >= 0.3 is 6.03 Å². The number of benzene rings is 1. The van der Waals surface area contributed by atoms with Gasteiger partial charge in [0.2, 0.25) is 5.91 Å². The van der Waals surface area contributed by atoms with Crippen molar-refractivity contribution in [3.8, 4) is 0 Å². The number of hydrogen-bond donors (Lipinski definition) is 2. The molecule has 1 aromatic carbocycles. The zero-order valence-electron chi connectivity index (χ0n) is 15.8. The van der Waals surface area contributed by atoms with Crippen LogP contribution in [0.4, 0.5) is 4.79 Å². The van der Waals surface area contributed by atoms with Crippen LogP contribution in [0.3, 0.4) is 0 Å². The fourth-order valence-electron chi connectivity index (χ4n) is 3.68. The number of carbonyl (C=O) groups is 3. The van der Waals surface area contributed by atoms with Crippen LogP contribution in [0.2, 0.25) is 0 Å². The Labute approximate surface area is 164 Å². The first kappa shape index (κ1) is 19.7. The molecule has 27 heavy (non-hydrogen) atoms. The Kier molecular flexibility index (Phi) is 6.42. The molecule has 1 saturated carbocycles. The van der Waals surface area contributed by atoms with Crippen molar-refractivity contribution in [2.45, 2.75) is 55.9 Å². The number of carbonyl (C=O) groups excluding carboxylic acids is 3. The van der Waals surface area contributed by atoms with Gasteiger partial charge in [-0.1, -0.05) is 43.4 Å². The van der Waals surface area contributed by atoms with Crippen molar-refractivity contribution < 1.29 is 14.4 Å². The van der Waals surface area contributed by atoms with Gasteiger partial charge in [0.15, 0.2) is 0 Å². The fourth-order valence-corrected chi connectivity index (χ4v) is 4.45. The fraction of sp³-hybridized carbons (Fsp3) is 0.550. The maximum atomic E-state index is 12.8. The summed E-state index contributed by atoms with van der Waals surface area (Å²) in [5.74, 6) is 0.200. The van der Waals surface area contributed by atoms with Gasteiger partial charge in [0, 0.05) is 17.2 Å². The molecule has 6 nitrogen and oxygen atoms in total. The van der Waals surface area contributed by atoms with Gasteiger partial charge < -0.3 is 10.6 Å². The minimum Gasteiger partial charge on any atom is -0.354 e. The maximum Gasteiger partial charge on any atom is 0.325 e. The summed E-state index contributed by atoms with van der Waals surface area (Å²) in [5, 5.41) is 5.66. The Hall–Kier alpha value is -2.02. The van der Waals surface area contributed by atoms with Crippen molar-refractivity contribution >= 4 is 29.6 Å². The molecule has 1 aromatic rings. The normalized spacial score (nSPS) is 19.1. The van der Waals surface area contributed by atoms with Gasteiger partial charge in [0.25, 0.3) is 5.91 Å². The Morgan fingerprint density at radius 1 is 1.15 bits per heavy atom. The Morgan fingerprint density at radius 2 is 1.81 bits per heavy atom. The molecule has 146 valence electrons. The zero-order chi connectivity index (χ0) is 19.3. The molecule has 0 unspecified atom stereocenters. The lowest BCUT2D eigenvalue weighted by Crippen LogP contribution is -2.47. The number of urea groups is 1. The van der Waals surface area contributed by atoms with Crippen LogP contribution in [0.25, 0.3) is 0 Å². The highest BCUT2D eigenvalue weighted by Gasteiger charge is 2.50. The molecular formula is C20H27N3O3S. The van der Waals surface area contributed by atoms with Crippen LogP contribution in [0.15, 0.2) is 29.2 Å². The molecule has 3 rings (SSSR count). The average Bonchev–Trinajstić information content (AvgIpc) is 2.82. The van der Waals surface area contributed by atoms with E-state index >= 15 is 0 Å². The summed E-state index contributed by atoms with van der Waals surface area (Å²) < 4.78 is 0. The maximum absolute atomic E-state index is 12.8. The van der Waals surface area contributed by atoms with Gasteiger partial charge in [-0.05, 0) is 31.9 Å². The van der Waals surface area contributed by atoms with E-state index in [1.165, 1.54) is 5.56 Å². The lowest BCUT2D eigenvalue weighted by Gasteiger charge is -2.24. The number of nitrogens with one attached hydrogen (secondary N) is 2. The minimum atomic E-state index is -0.783. The molecule has 7 heteroatoms. The van der Waals surface area contributed by atoms with Crippen LogP contribution in [-0.4, -0.2) is 47.1 Å². The van der Waals surface area contributed by atoms with Gasteiger partial charge in [0.05, 0.1) is 0 Å². The molecule has 1 aliphatic carbocycles. The SMILES string of the molecule is Cc1ccc(SCCNC(=O)CN2C(=O)NC3(CCCCCC3)C2=O)cc1. The number of hydrogen-bond acceptors (Lipinski definition) is 4. The third-order valence-corrected chi connectivity index (χ3v) is 6.23. The lowest BCUT2D eigenvalue weighted by atomic mass is 9.90.